The zero-order valence-corrected chi connectivity index (χ0v) is 11.7. The zero-order valence-electron chi connectivity index (χ0n) is 10.9. The summed E-state index contributed by atoms with van der Waals surface area (Å²) in [6.07, 6.45) is 2.71. The number of nitrogens with one attached hydrogen (secondary N) is 1. The van der Waals surface area contributed by atoms with Crippen LogP contribution in [0.1, 0.15) is 55.2 Å². The summed E-state index contributed by atoms with van der Waals surface area (Å²) in [5.74, 6) is 0.823. The Labute approximate surface area is 102 Å². The molecule has 1 N–H and O–H groups in total. The summed E-state index contributed by atoms with van der Waals surface area (Å²) in [7, 11) is 2.05. The Balaban J connectivity index is 2.29. The van der Waals surface area contributed by atoms with Gasteiger partial charge in [-0.05, 0) is 38.1 Å². The first-order valence-electron chi connectivity index (χ1n) is 6.08. The lowest BCUT2D eigenvalue weighted by Crippen LogP contribution is -2.17. The van der Waals surface area contributed by atoms with Gasteiger partial charge < -0.3 is 5.32 Å². The number of aromatic nitrogens is 1. The minimum atomic E-state index is 0.224. The van der Waals surface area contributed by atoms with Crippen LogP contribution >= 0.6 is 11.3 Å². The number of thiazole rings is 1. The highest BCUT2D eigenvalue weighted by atomic mass is 32.1. The zero-order chi connectivity index (χ0) is 11.9. The molecule has 1 aromatic heterocycles. The smallest absolute Gasteiger partial charge is 0.110 e. The van der Waals surface area contributed by atoms with Crippen molar-refractivity contribution in [2.45, 2.75) is 52.0 Å². The summed E-state index contributed by atoms with van der Waals surface area (Å²) in [5, 5.41) is 4.70. The summed E-state index contributed by atoms with van der Waals surface area (Å²) in [4.78, 5) is 6.20. The van der Waals surface area contributed by atoms with Gasteiger partial charge in [-0.2, -0.15) is 0 Å². The fourth-order valence-electron chi connectivity index (χ4n) is 2.24. The quantitative estimate of drug-likeness (QED) is 0.873. The first-order valence-corrected chi connectivity index (χ1v) is 6.90. The molecule has 1 unspecified atom stereocenters. The Kier molecular flexibility index (Phi) is 3.10. The fraction of sp³-hybridized carbons (Fsp3) is 0.769. The highest BCUT2D eigenvalue weighted by Crippen LogP contribution is 2.43. The van der Waals surface area contributed by atoms with Gasteiger partial charge in [0.2, 0.25) is 0 Å². The Morgan fingerprint density at radius 2 is 2.00 bits per heavy atom. The first-order chi connectivity index (χ1) is 7.43. The average molecular weight is 238 g/mol. The number of nitrogens with zero attached hydrogens (tertiary/aromatic N) is 1. The molecule has 1 aliphatic rings. The molecule has 16 heavy (non-hydrogen) atoms. The Morgan fingerprint density at radius 1 is 1.38 bits per heavy atom. The molecule has 0 aliphatic heterocycles. The van der Waals surface area contributed by atoms with E-state index in [2.05, 4.69) is 40.1 Å². The van der Waals surface area contributed by atoms with Crippen LogP contribution in [0.25, 0.3) is 0 Å². The molecule has 1 fully saturated rings. The second kappa shape index (κ2) is 4.11. The maximum atomic E-state index is 4.77. The van der Waals surface area contributed by atoms with E-state index < -0.39 is 0 Å². The number of hydrogen-bond acceptors (Lipinski definition) is 3. The van der Waals surface area contributed by atoms with E-state index in [0.717, 1.165) is 5.92 Å². The molecule has 1 atom stereocenters. The molecule has 0 saturated heterocycles. The van der Waals surface area contributed by atoms with Crippen LogP contribution in [0.5, 0.6) is 0 Å². The van der Waals surface area contributed by atoms with Gasteiger partial charge in [-0.25, -0.2) is 4.98 Å². The van der Waals surface area contributed by atoms with Crippen LogP contribution in [0.15, 0.2) is 0 Å². The molecule has 90 valence electrons. The molecule has 0 aromatic carbocycles. The minimum Gasteiger partial charge on any atom is -0.311 e. The summed E-state index contributed by atoms with van der Waals surface area (Å²) < 4.78 is 0. The monoisotopic (exact) mass is 238 g/mol. The maximum absolute atomic E-state index is 4.77. The van der Waals surface area contributed by atoms with Gasteiger partial charge in [-0.1, -0.05) is 20.8 Å². The van der Waals surface area contributed by atoms with E-state index in [4.69, 9.17) is 4.98 Å². The van der Waals surface area contributed by atoms with Crippen LogP contribution in [0.4, 0.5) is 0 Å². The standard InChI is InChI=1S/C13H22N2S/c1-8-11(13(2,3)4)16-12(15-8)10(14-5)9-6-7-9/h9-10,14H,6-7H2,1-5H3. The van der Waals surface area contributed by atoms with Crippen molar-refractivity contribution < 1.29 is 0 Å². The number of aryl methyl sites for hydroxylation is 1. The van der Waals surface area contributed by atoms with E-state index >= 15 is 0 Å². The molecule has 2 nitrogen and oxygen atoms in total. The van der Waals surface area contributed by atoms with Crippen LogP contribution in [-0.4, -0.2) is 12.0 Å². The van der Waals surface area contributed by atoms with Crippen molar-refractivity contribution >= 4 is 11.3 Å². The van der Waals surface area contributed by atoms with Gasteiger partial charge in [-0.3, -0.25) is 0 Å². The molecular weight excluding hydrogens is 216 g/mol. The Morgan fingerprint density at radius 3 is 2.38 bits per heavy atom. The van der Waals surface area contributed by atoms with Gasteiger partial charge in [0.25, 0.3) is 0 Å². The van der Waals surface area contributed by atoms with Crippen molar-refractivity contribution in [3.8, 4) is 0 Å². The Bertz CT molecular complexity index is 372. The third kappa shape index (κ3) is 2.30. The van der Waals surface area contributed by atoms with Crippen molar-refractivity contribution in [3.05, 3.63) is 15.6 Å². The summed E-state index contributed by atoms with van der Waals surface area (Å²) in [6.45, 7) is 8.94. The van der Waals surface area contributed by atoms with E-state index in [0.29, 0.717) is 6.04 Å². The molecule has 1 aromatic rings. The fourth-order valence-corrected chi connectivity index (χ4v) is 3.57. The van der Waals surface area contributed by atoms with E-state index in [9.17, 15) is 0 Å². The highest BCUT2D eigenvalue weighted by molar-refractivity contribution is 7.12. The molecule has 1 heterocycles. The van der Waals surface area contributed by atoms with Gasteiger partial charge in [0.15, 0.2) is 0 Å². The average Bonchev–Trinajstić information content (AvgIpc) is 2.90. The first kappa shape index (κ1) is 12.1. The molecule has 3 heteroatoms. The molecular formula is C13H22N2S. The van der Waals surface area contributed by atoms with Crippen molar-refractivity contribution in [1.29, 1.82) is 0 Å². The van der Waals surface area contributed by atoms with Gasteiger partial charge >= 0.3 is 0 Å². The van der Waals surface area contributed by atoms with Crippen molar-refractivity contribution in [2.24, 2.45) is 5.92 Å². The maximum Gasteiger partial charge on any atom is 0.110 e. The molecule has 1 saturated carbocycles. The van der Waals surface area contributed by atoms with E-state index in [1.165, 1.54) is 28.4 Å². The second-order valence-corrected chi connectivity index (χ2v) is 6.85. The van der Waals surface area contributed by atoms with Crippen molar-refractivity contribution in [3.63, 3.8) is 0 Å². The lowest BCUT2D eigenvalue weighted by molar-refractivity contribution is 0.525. The van der Waals surface area contributed by atoms with Crippen molar-refractivity contribution in [1.82, 2.24) is 10.3 Å². The topological polar surface area (TPSA) is 24.9 Å². The molecule has 1 aliphatic carbocycles. The SMILES string of the molecule is CNC(c1nc(C)c(C(C)(C)C)s1)C1CC1. The molecule has 0 amide bonds. The van der Waals surface area contributed by atoms with Crippen LogP contribution < -0.4 is 5.32 Å². The van der Waals surface area contributed by atoms with Gasteiger partial charge in [0, 0.05) is 4.88 Å². The van der Waals surface area contributed by atoms with Gasteiger partial charge in [-0.15, -0.1) is 11.3 Å². The predicted molar refractivity (Wildman–Crippen MR) is 70.1 cm³/mol. The van der Waals surface area contributed by atoms with E-state index in [1.807, 2.05) is 11.3 Å². The molecule has 0 radical (unpaired) electrons. The third-order valence-corrected chi connectivity index (χ3v) is 4.83. The number of rotatable bonds is 3. The van der Waals surface area contributed by atoms with E-state index in [1.54, 1.807) is 0 Å². The third-order valence-electron chi connectivity index (χ3n) is 3.16. The predicted octanol–water partition coefficient (Wildman–Crippen LogP) is 3.42. The lowest BCUT2D eigenvalue weighted by atomic mass is 9.93. The normalized spacial score (nSPS) is 18.8. The highest BCUT2D eigenvalue weighted by Gasteiger charge is 2.34. The minimum absolute atomic E-state index is 0.224. The summed E-state index contributed by atoms with van der Waals surface area (Å²) >= 11 is 1.89. The van der Waals surface area contributed by atoms with Crippen LogP contribution in [0.2, 0.25) is 0 Å². The largest absolute Gasteiger partial charge is 0.311 e. The lowest BCUT2D eigenvalue weighted by Gasteiger charge is -2.16. The van der Waals surface area contributed by atoms with Crippen LogP contribution in [-0.2, 0) is 5.41 Å². The van der Waals surface area contributed by atoms with Gasteiger partial charge in [0.05, 0.1) is 11.7 Å². The Hall–Kier alpha value is -0.410. The van der Waals surface area contributed by atoms with Gasteiger partial charge in [0.1, 0.15) is 5.01 Å². The molecule has 0 spiro atoms. The van der Waals surface area contributed by atoms with Crippen molar-refractivity contribution in [2.75, 3.05) is 7.05 Å². The second-order valence-electron chi connectivity index (χ2n) is 5.82. The van der Waals surface area contributed by atoms with Crippen LogP contribution in [0, 0.1) is 12.8 Å². The van der Waals surface area contributed by atoms with Crippen LogP contribution in [0.3, 0.4) is 0 Å². The molecule has 2 rings (SSSR count). The molecule has 0 bridgehead atoms. The van der Waals surface area contributed by atoms with E-state index in [-0.39, 0.29) is 5.41 Å². The summed E-state index contributed by atoms with van der Waals surface area (Å²) in [5.41, 5.74) is 1.44. The number of hydrogen-bond donors (Lipinski definition) is 1. The summed E-state index contributed by atoms with van der Waals surface area (Å²) in [6, 6.07) is 0.486.